The van der Waals surface area contributed by atoms with Gasteiger partial charge in [0.1, 0.15) is 34.8 Å². The zero-order valence-corrected chi connectivity index (χ0v) is 18.8. The lowest BCUT2D eigenvalue weighted by Gasteiger charge is -2.35. The maximum absolute atomic E-state index is 13.1. The predicted octanol–water partition coefficient (Wildman–Crippen LogP) is 4.47. The molecule has 172 valence electrons. The van der Waals surface area contributed by atoms with Gasteiger partial charge in [-0.2, -0.15) is 0 Å². The first-order valence-corrected chi connectivity index (χ1v) is 11.1. The van der Waals surface area contributed by atoms with E-state index in [9.17, 15) is 9.18 Å². The number of carbonyl (C=O) groups excluding carboxylic acids is 1. The van der Waals surface area contributed by atoms with Crippen molar-refractivity contribution < 1.29 is 13.9 Å². The van der Waals surface area contributed by atoms with Crippen LogP contribution in [0.25, 0.3) is 5.82 Å². The number of hydrogen-bond acceptors (Lipinski definition) is 5. The minimum absolute atomic E-state index is 0.0453. The number of rotatable bonds is 5. The quantitative estimate of drug-likeness (QED) is 0.443. The number of nitrogens with zero attached hydrogens (tertiary/aromatic N) is 5. The molecule has 3 heterocycles. The summed E-state index contributed by atoms with van der Waals surface area (Å²) in [6, 6.07) is 18.7. The number of amides is 1. The summed E-state index contributed by atoms with van der Waals surface area (Å²) >= 11 is 0. The molecule has 0 bridgehead atoms. The number of aromatic nitrogens is 3. The summed E-state index contributed by atoms with van der Waals surface area (Å²) in [5.74, 6) is 3.06. The van der Waals surface area contributed by atoms with Crippen LogP contribution in [0.15, 0.2) is 79.1 Å². The summed E-state index contributed by atoms with van der Waals surface area (Å²) in [5.41, 5.74) is 0.556. The van der Waals surface area contributed by atoms with Crippen LogP contribution in [-0.4, -0.2) is 51.5 Å². The largest absolute Gasteiger partial charge is 0.457 e. The van der Waals surface area contributed by atoms with Gasteiger partial charge in [0.2, 0.25) is 0 Å². The van der Waals surface area contributed by atoms with Gasteiger partial charge in [-0.15, -0.1) is 0 Å². The van der Waals surface area contributed by atoms with E-state index in [0.717, 1.165) is 11.6 Å². The number of aryl methyl sites for hydroxylation is 1. The summed E-state index contributed by atoms with van der Waals surface area (Å²) in [6.07, 6.45) is 3.91. The number of carbonyl (C=O) groups is 1. The van der Waals surface area contributed by atoms with E-state index in [2.05, 4.69) is 14.9 Å². The third-order valence-electron chi connectivity index (χ3n) is 5.70. The Morgan fingerprint density at radius 2 is 1.56 bits per heavy atom. The Morgan fingerprint density at radius 1 is 0.853 bits per heavy atom. The van der Waals surface area contributed by atoms with Crippen LogP contribution in [-0.2, 0) is 0 Å². The van der Waals surface area contributed by atoms with Crippen LogP contribution in [0.5, 0.6) is 11.5 Å². The zero-order chi connectivity index (χ0) is 23.5. The molecule has 1 aliphatic heterocycles. The number of hydrogen-bond donors (Lipinski definition) is 0. The second-order valence-corrected chi connectivity index (χ2v) is 8.08. The van der Waals surface area contributed by atoms with Gasteiger partial charge in [-0.3, -0.25) is 4.79 Å². The average Bonchev–Trinajstić information content (AvgIpc) is 3.40. The van der Waals surface area contributed by atoms with E-state index in [1.807, 2.05) is 47.0 Å². The maximum atomic E-state index is 13.1. The number of anilines is 1. The minimum Gasteiger partial charge on any atom is -0.457 e. The average molecular weight is 458 g/mol. The molecule has 1 saturated heterocycles. The minimum atomic E-state index is -0.325. The van der Waals surface area contributed by atoms with Gasteiger partial charge in [0.15, 0.2) is 0 Å². The lowest BCUT2D eigenvalue weighted by Crippen LogP contribution is -2.49. The molecular formula is C26H24FN5O2. The second kappa shape index (κ2) is 9.35. The molecule has 0 unspecified atom stereocenters. The first-order valence-electron chi connectivity index (χ1n) is 11.1. The molecule has 0 saturated carbocycles. The topological polar surface area (TPSA) is 63.5 Å². The number of ether oxygens (including phenoxy) is 1. The van der Waals surface area contributed by atoms with E-state index in [4.69, 9.17) is 4.74 Å². The van der Waals surface area contributed by atoms with Crippen molar-refractivity contribution in [2.24, 2.45) is 0 Å². The Balaban J connectivity index is 1.25. The second-order valence-electron chi connectivity index (χ2n) is 8.08. The predicted molar refractivity (Wildman–Crippen MR) is 127 cm³/mol. The Labute approximate surface area is 197 Å². The summed E-state index contributed by atoms with van der Waals surface area (Å²) in [5, 5.41) is 0. The summed E-state index contributed by atoms with van der Waals surface area (Å²) in [7, 11) is 0. The molecule has 34 heavy (non-hydrogen) atoms. The Bertz CT molecular complexity index is 1280. The zero-order valence-electron chi connectivity index (χ0n) is 18.8. The van der Waals surface area contributed by atoms with E-state index < -0.39 is 0 Å². The van der Waals surface area contributed by atoms with Crippen LogP contribution in [0.4, 0.5) is 10.2 Å². The Kier molecular flexibility index (Phi) is 5.95. The molecule has 1 fully saturated rings. The smallest absolute Gasteiger partial charge is 0.254 e. The van der Waals surface area contributed by atoms with Gasteiger partial charge in [0.25, 0.3) is 5.91 Å². The molecule has 0 atom stereocenters. The van der Waals surface area contributed by atoms with E-state index in [-0.39, 0.29) is 11.7 Å². The molecule has 1 aliphatic rings. The van der Waals surface area contributed by atoms with E-state index >= 15 is 0 Å². The van der Waals surface area contributed by atoms with Gasteiger partial charge in [-0.25, -0.2) is 14.4 Å². The van der Waals surface area contributed by atoms with Crippen LogP contribution in [0, 0.1) is 12.7 Å². The van der Waals surface area contributed by atoms with Gasteiger partial charge in [0.05, 0.1) is 0 Å². The van der Waals surface area contributed by atoms with Gasteiger partial charge in [-0.05, 0) is 61.5 Å². The molecular weight excluding hydrogens is 433 g/mol. The highest BCUT2D eigenvalue weighted by Crippen LogP contribution is 2.24. The molecule has 5 rings (SSSR count). The SMILES string of the molecule is Cc1nc(N2CCN(C(=O)c3cccc(Oc4ccc(F)cc4)c3)CC2)cc(-n2cccc2)n1. The van der Waals surface area contributed by atoms with Crippen LogP contribution in [0.1, 0.15) is 16.2 Å². The third-order valence-corrected chi connectivity index (χ3v) is 5.70. The van der Waals surface area contributed by atoms with Gasteiger partial charge < -0.3 is 19.1 Å². The van der Waals surface area contributed by atoms with Crippen LogP contribution < -0.4 is 9.64 Å². The highest BCUT2D eigenvalue weighted by Gasteiger charge is 2.24. The van der Waals surface area contributed by atoms with Crippen LogP contribution >= 0.6 is 0 Å². The lowest BCUT2D eigenvalue weighted by molar-refractivity contribution is 0.0746. The molecule has 7 nitrogen and oxygen atoms in total. The maximum Gasteiger partial charge on any atom is 0.254 e. The van der Waals surface area contributed by atoms with Gasteiger partial charge in [-0.1, -0.05) is 6.07 Å². The van der Waals surface area contributed by atoms with Crippen molar-refractivity contribution in [3.05, 3.63) is 96.3 Å². The van der Waals surface area contributed by atoms with Crippen molar-refractivity contribution in [2.75, 3.05) is 31.1 Å². The molecule has 4 aromatic rings. The van der Waals surface area contributed by atoms with Crippen molar-refractivity contribution in [3.63, 3.8) is 0 Å². The van der Waals surface area contributed by atoms with Crippen molar-refractivity contribution in [1.82, 2.24) is 19.4 Å². The van der Waals surface area contributed by atoms with E-state index in [0.29, 0.717) is 49.1 Å². The number of benzene rings is 2. The van der Waals surface area contributed by atoms with Crippen molar-refractivity contribution in [1.29, 1.82) is 0 Å². The fraction of sp³-hybridized carbons (Fsp3) is 0.192. The molecule has 2 aromatic heterocycles. The van der Waals surface area contributed by atoms with Gasteiger partial charge >= 0.3 is 0 Å². The number of piperazine rings is 1. The van der Waals surface area contributed by atoms with Crippen molar-refractivity contribution >= 4 is 11.7 Å². The summed E-state index contributed by atoms with van der Waals surface area (Å²) in [4.78, 5) is 26.3. The van der Waals surface area contributed by atoms with Crippen molar-refractivity contribution in [2.45, 2.75) is 6.92 Å². The monoisotopic (exact) mass is 457 g/mol. The third kappa shape index (κ3) is 4.76. The summed E-state index contributed by atoms with van der Waals surface area (Å²) < 4.78 is 20.9. The number of halogens is 1. The molecule has 2 aromatic carbocycles. The molecule has 0 radical (unpaired) electrons. The van der Waals surface area contributed by atoms with Crippen molar-refractivity contribution in [3.8, 4) is 17.3 Å². The molecule has 0 spiro atoms. The Hall–Kier alpha value is -4.20. The normalized spacial score (nSPS) is 13.7. The molecule has 8 heteroatoms. The van der Waals surface area contributed by atoms with Gasteiger partial charge in [0, 0.05) is 50.2 Å². The lowest BCUT2D eigenvalue weighted by atomic mass is 10.1. The molecule has 1 amide bonds. The fourth-order valence-corrected chi connectivity index (χ4v) is 3.97. The Morgan fingerprint density at radius 3 is 2.29 bits per heavy atom. The summed E-state index contributed by atoms with van der Waals surface area (Å²) in [6.45, 7) is 4.42. The highest BCUT2D eigenvalue weighted by atomic mass is 19.1. The first-order chi connectivity index (χ1) is 16.5. The van der Waals surface area contributed by atoms with Crippen LogP contribution in [0.3, 0.4) is 0 Å². The first kappa shape index (κ1) is 21.6. The standard InChI is InChI=1S/C26H24FN5O2/c1-19-28-24(30-11-2-3-12-30)18-25(29-19)31-13-15-32(16-14-31)26(33)20-5-4-6-23(17-20)34-22-9-7-21(27)8-10-22/h2-12,17-18H,13-16H2,1H3. The van der Waals surface area contributed by atoms with E-state index in [1.165, 1.54) is 12.1 Å². The molecule has 0 aliphatic carbocycles. The molecule has 0 N–H and O–H groups in total. The van der Waals surface area contributed by atoms with Crippen LogP contribution in [0.2, 0.25) is 0 Å². The fourth-order valence-electron chi connectivity index (χ4n) is 3.97. The van der Waals surface area contributed by atoms with E-state index in [1.54, 1.807) is 36.4 Å². The highest BCUT2D eigenvalue weighted by molar-refractivity contribution is 5.94.